The first-order chi connectivity index (χ1) is 13.3. The molecular weight excluding hydrogens is 328 g/mol. The first kappa shape index (κ1) is 22.3. The molecule has 1 aliphatic carbocycles. The van der Waals surface area contributed by atoms with Gasteiger partial charge in [-0.2, -0.15) is 0 Å². The van der Waals surface area contributed by atoms with Gasteiger partial charge >= 0.3 is 0 Å². The first-order valence-electron chi connectivity index (χ1n) is 12.0. The number of hydrogen-bond donors (Lipinski definition) is 0. The maximum atomic E-state index is 5.81. The minimum Gasteiger partial charge on any atom is -0.494 e. The number of unbranched alkanes of at least 4 members (excludes halogenated alkanes) is 5. The second kappa shape index (κ2) is 14.1. The van der Waals surface area contributed by atoms with E-state index >= 15 is 0 Å². The molecule has 154 valence electrons. The van der Waals surface area contributed by atoms with Gasteiger partial charge in [0.05, 0.1) is 6.61 Å². The van der Waals surface area contributed by atoms with Crippen LogP contribution in [0.15, 0.2) is 24.3 Å². The minimum atomic E-state index is 0.855. The van der Waals surface area contributed by atoms with E-state index in [0.717, 1.165) is 24.2 Å². The highest BCUT2D eigenvalue weighted by molar-refractivity contribution is 5.27. The molecule has 0 spiro atoms. The molecule has 1 aromatic rings. The quantitative estimate of drug-likeness (QED) is 0.298. The van der Waals surface area contributed by atoms with Gasteiger partial charge < -0.3 is 4.74 Å². The number of aryl methyl sites for hydroxylation is 1. The maximum absolute atomic E-state index is 5.81. The molecule has 1 nitrogen and oxygen atoms in total. The van der Waals surface area contributed by atoms with E-state index in [2.05, 4.69) is 38.1 Å². The minimum absolute atomic E-state index is 0.855. The highest BCUT2D eigenvalue weighted by Gasteiger charge is 2.20. The van der Waals surface area contributed by atoms with Crippen LogP contribution >= 0.6 is 0 Å². The van der Waals surface area contributed by atoms with Crippen molar-refractivity contribution < 1.29 is 4.74 Å². The molecule has 27 heavy (non-hydrogen) atoms. The van der Waals surface area contributed by atoms with Gasteiger partial charge in [-0.25, -0.2) is 0 Å². The molecule has 0 unspecified atom stereocenters. The molecule has 1 saturated carbocycles. The van der Waals surface area contributed by atoms with Gasteiger partial charge in [0.15, 0.2) is 0 Å². The Kier molecular flexibility index (Phi) is 11.6. The Hall–Kier alpha value is -0.980. The third-order valence-corrected chi connectivity index (χ3v) is 6.45. The first-order valence-corrected chi connectivity index (χ1v) is 12.0. The Labute approximate surface area is 169 Å². The SMILES string of the molecule is CCCCCOc1ccc(CCCC[C@H]2CC[C@H](CCCCC)CC2)cc1. The molecule has 0 heterocycles. The van der Waals surface area contributed by atoms with Crippen LogP contribution in [0.2, 0.25) is 0 Å². The summed E-state index contributed by atoms with van der Waals surface area (Å²) in [6, 6.07) is 8.83. The molecule has 0 atom stereocenters. The fourth-order valence-electron chi connectivity index (χ4n) is 4.55. The topological polar surface area (TPSA) is 9.23 Å². The highest BCUT2D eigenvalue weighted by Crippen LogP contribution is 2.34. The van der Waals surface area contributed by atoms with E-state index in [1.807, 2.05) is 0 Å². The molecule has 1 aromatic carbocycles. The molecule has 2 rings (SSSR count). The normalized spacial score (nSPS) is 19.9. The van der Waals surface area contributed by atoms with Gasteiger partial charge in [-0.15, -0.1) is 0 Å². The predicted octanol–water partition coefficient (Wildman–Crippen LogP) is 8.36. The third-order valence-electron chi connectivity index (χ3n) is 6.45. The van der Waals surface area contributed by atoms with Crippen molar-refractivity contribution in [3.05, 3.63) is 29.8 Å². The van der Waals surface area contributed by atoms with E-state index in [1.54, 1.807) is 0 Å². The lowest BCUT2D eigenvalue weighted by molar-refractivity contribution is 0.245. The molecule has 0 saturated heterocycles. The van der Waals surface area contributed by atoms with Gasteiger partial charge in [0, 0.05) is 0 Å². The fourth-order valence-corrected chi connectivity index (χ4v) is 4.55. The van der Waals surface area contributed by atoms with Crippen LogP contribution in [-0.4, -0.2) is 6.61 Å². The van der Waals surface area contributed by atoms with Crippen LogP contribution in [0, 0.1) is 11.8 Å². The molecule has 0 aromatic heterocycles. The summed E-state index contributed by atoms with van der Waals surface area (Å²) in [5, 5.41) is 0. The van der Waals surface area contributed by atoms with Crippen LogP contribution in [0.1, 0.15) is 109 Å². The van der Waals surface area contributed by atoms with E-state index in [1.165, 1.54) is 102 Å². The van der Waals surface area contributed by atoms with Crippen molar-refractivity contribution >= 4 is 0 Å². The van der Waals surface area contributed by atoms with E-state index in [0.29, 0.717) is 0 Å². The lowest BCUT2D eigenvalue weighted by Gasteiger charge is -2.28. The van der Waals surface area contributed by atoms with Crippen molar-refractivity contribution in [1.82, 2.24) is 0 Å². The summed E-state index contributed by atoms with van der Waals surface area (Å²) in [5.74, 6) is 3.10. The van der Waals surface area contributed by atoms with E-state index < -0.39 is 0 Å². The van der Waals surface area contributed by atoms with Crippen LogP contribution in [0.4, 0.5) is 0 Å². The Bertz CT molecular complexity index is 456. The Morgan fingerprint density at radius 3 is 1.85 bits per heavy atom. The standard InChI is InChI=1S/C26H44O/c1-3-5-7-11-23-14-16-24(17-15-23)12-8-9-13-25-18-20-26(21-19-25)27-22-10-6-4-2/h18-21,23-24H,3-17,22H2,1-2H3/t23-,24-. The fraction of sp³-hybridized carbons (Fsp3) is 0.769. The third kappa shape index (κ3) is 9.67. The van der Waals surface area contributed by atoms with Crippen LogP contribution < -0.4 is 4.74 Å². The van der Waals surface area contributed by atoms with Gasteiger partial charge in [-0.05, 0) is 48.8 Å². The van der Waals surface area contributed by atoms with Gasteiger partial charge in [0.2, 0.25) is 0 Å². The summed E-state index contributed by atoms with van der Waals surface area (Å²) in [6.07, 6.45) is 20.9. The number of ether oxygens (including phenoxy) is 1. The summed E-state index contributed by atoms with van der Waals surface area (Å²) in [7, 11) is 0. The van der Waals surface area contributed by atoms with Crippen molar-refractivity contribution in [3.8, 4) is 5.75 Å². The summed E-state index contributed by atoms with van der Waals surface area (Å²) in [4.78, 5) is 0. The Morgan fingerprint density at radius 1 is 0.704 bits per heavy atom. The lowest BCUT2D eigenvalue weighted by atomic mass is 9.78. The number of benzene rings is 1. The summed E-state index contributed by atoms with van der Waals surface area (Å²) < 4.78 is 5.81. The Morgan fingerprint density at radius 2 is 1.26 bits per heavy atom. The van der Waals surface area contributed by atoms with Crippen molar-refractivity contribution in [1.29, 1.82) is 0 Å². The van der Waals surface area contributed by atoms with Crippen molar-refractivity contribution in [2.75, 3.05) is 6.61 Å². The van der Waals surface area contributed by atoms with Crippen molar-refractivity contribution in [2.24, 2.45) is 11.8 Å². The largest absolute Gasteiger partial charge is 0.494 e. The van der Waals surface area contributed by atoms with Crippen LogP contribution in [0.3, 0.4) is 0 Å². The van der Waals surface area contributed by atoms with Gasteiger partial charge in [0.25, 0.3) is 0 Å². The van der Waals surface area contributed by atoms with Gasteiger partial charge in [0.1, 0.15) is 5.75 Å². The van der Waals surface area contributed by atoms with E-state index in [9.17, 15) is 0 Å². The molecule has 1 aliphatic rings. The molecule has 0 amide bonds. The summed E-state index contributed by atoms with van der Waals surface area (Å²) in [5.41, 5.74) is 1.47. The van der Waals surface area contributed by atoms with Crippen molar-refractivity contribution in [3.63, 3.8) is 0 Å². The zero-order valence-corrected chi connectivity index (χ0v) is 18.2. The smallest absolute Gasteiger partial charge is 0.119 e. The number of rotatable bonds is 14. The average Bonchev–Trinajstić information content (AvgIpc) is 2.71. The highest BCUT2D eigenvalue weighted by atomic mass is 16.5. The van der Waals surface area contributed by atoms with E-state index in [-0.39, 0.29) is 0 Å². The zero-order chi connectivity index (χ0) is 19.2. The molecule has 0 radical (unpaired) electrons. The molecule has 0 bridgehead atoms. The summed E-state index contributed by atoms with van der Waals surface area (Å²) >= 11 is 0. The predicted molar refractivity (Wildman–Crippen MR) is 119 cm³/mol. The van der Waals surface area contributed by atoms with Crippen LogP contribution in [-0.2, 0) is 6.42 Å². The second-order valence-corrected chi connectivity index (χ2v) is 8.83. The maximum Gasteiger partial charge on any atom is 0.119 e. The Balaban J connectivity index is 1.51. The zero-order valence-electron chi connectivity index (χ0n) is 18.2. The summed E-state index contributed by atoms with van der Waals surface area (Å²) in [6.45, 7) is 5.40. The molecular formula is C26H44O. The second-order valence-electron chi connectivity index (χ2n) is 8.83. The molecule has 1 heteroatoms. The molecule has 0 N–H and O–H groups in total. The molecule has 1 fully saturated rings. The monoisotopic (exact) mass is 372 g/mol. The number of hydrogen-bond acceptors (Lipinski definition) is 1. The van der Waals surface area contributed by atoms with E-state index in [4.69, 9.17) is 4.74 Å². The van der Waals surface area contributed by atoms with Crippen LogP contribution in [0.25, 0.3) is 0 Å². The van der Waals surface area contributed by atoms with Crippen molar-refractivity contribution in [2.45, 2.75) is 110 Å². The molecule has 0 aliphatic heterocycles. The average molecular weight is 373 g/mol. The van der Waals surface area contributed by atoms with Crippen LogP contribution in [0.5, 0.6) is 5.75 Å². The van der Waals surface area contributed by atoms with Gasteiger partial charge in [-0.1, -0.05) is 103 Å². The van der Waals surface area contributed by atoms with Gasteiger partial charge in [-0.3, -0.25) is 0 Å². The lowest BCUT2D eigenvalue weighted by Crippen LogP contribution is -2.14.